The van der Waals surface area contributed by atoms with Gasteiger partial charge in [0.1, 0.15) is 23.4 Å². The van der Waals surface area contributed by atoms with Gasteiger partial charge in [-0.3, -0.25) is 0 Å². The zero-order valence-electron chi connectivity index (χ0n) is 10.0. The Morgan fingerprint density at radius 3 is 2.37 bits per heavy atom. The molecule has 0 saturated heterocycles. The molecule has 0 N–H and O–H groups in total. The molecule has 2 rings (SSSR count). The van der Waals surface area contributed by atoms with Crippen LogP contribution < -0.4 is 0 Å². The number of aromatic nitrogens is 4. The lowest BCUT2D eigenvalue weighted by Crippen LogP contribution is -2.13. The predicted octanol–water partition coefficient (Wildman–Crippen LogP) is 2.17. The molecule has 2 aromatic rings. The maximum atomic E-state index is 12.6. The number of hydrogen-bond acceptors (Lipinski definition) is 4. The monoisotopic (exact) mass is 267 g/mol. The van der Waals surface area contributed by atoms with E-state index in [4.69, 9.17) is 5.26 Å². The minimum atomic E-state index is -4.58. The SMILES string of the molecule is Cc1nc(C)n(-c2nc(C(F)(F)F)ccc2C#N)n1. The Labute approximate surface area is 106 Å². The average Bonchev–Trinajstić information content (AvgIpc) is 2.66. The Kier molecular flexibility index (Phi) is 2.98. The van der Waals surface area contributed by atoms with Gasteiger partial charge in [-0.1, -0.05) is 0 Å². The molecule has 0 bridgehead atoms. The molecule has 0 fully saturated rings. The van der Waals surface area contributed by atoms with Crippen LogP contribution >= 0.6 is 0 Å². The van der Waals surface area contributed by atoms with Crippen molar-refractivity contribution in [2.24, 2.45) is 0 Å². The van der Waals surface area contributed by atoms with Crippen LogP contribution in [0.25, 0.3) is 5.82 Å². The highest BCUT2D eigenvalue weighted by Gasteiger charge is 2.33. The quantitative estimate of drug-likeness (QED) is 0.794. The van der Waals surface area contributed by atoms with Crippen molar-refractivity contribution in [1.82, 2.24) is 19.7 Å². The van der Waals surface area contributed by atoms with Gasteiger partial charge in [0.25, 0.3) is 0 Å². The van der Waals surface area contributed by atoms with Crippen molar-refractivity contribution in [3.8, 4) is 11.9 Å². The Morgan fingerprint density at radius 1 is 1.21 bits per heavy atom. The van der Waals surface area contributed by atoms with Gasteiger partial charge >= 0.3 is 6.18 Å². The topological polar surface area (TPSA) is 67.4 Å². The van der Waals surface area contributed by atoms with E-state index in [0.29, 0.717) is 11.6 Å². The van der Waals surface area contributed by atoms with E-state index < -0.39 is 11.9 Å². The number of hydrogen-bond donors (Lipinski definition) is 0. The molecule has 0 aliphatic carbocycles. The second-order valence-corrected chi connectivity index (χ2v) is 3.80. The van der Waals surface area contributed by atoms with Gasteiger partial charge in [0.05, 0.1) is 5.56 Å². The van der Waals surface area contributed by atoms with Crippen molar-refractivity contribution in [2.75, 3.05) is 0 Å². The molecule has 2 aromatic heterocycles. The molecule has 19 heavy (non-hydrogen) atoms. The maximum Gasteiger partial charge on any atom is 0.433 e. The Bertz CT molecular complexity index is 666. The Hall–Kier alpha value is -2.43. The van der Waals surface area contributed by atoms with Crippen molar-refractivity contribution in [3.63, 3.8) is 0 Å². The minimum absolute atomic E-state index is 0.000926. The Morgan fingerprint density at radius 2 is 1.89 bits per heavy atom. The first-order valence-electron chi connectivity index (χ1n) is 5.22. The molecular formula is C11H8F3N5. The molecule has 0 spiro atoms. The summed E-state index contributed by atoms with van der Waals surface area (Å²) in [4.78, 5) is 7.45. The van der Waals surface area contributed by atoms with E-state index in [1.165, 1.54) is 0 Å². The fraction of sp³-hybridized carbons (Fsp3) is 0.273. The zero-order valence-corrected chi connectivity index (χ0v) is 10.0. The van der Waals surface area contributed by atoms with Crippen LogP contribution in [0.5, 0.6) is 0 Å². The first-order chi connectivity index (χ1) is 8.82. The van der Waals surface area contributed by atoms with E-state index in [1.807, 2.05) is 0 Å². The van der Waals surface area contributed by atoms with Crippen LogP contribution in [0.2, 0.25) is 0 Å². The molecule has 0 radical (unpaired) electrons. The molecule has 0 saturated carbocycles. The molecule has 2 heterocycles. The minimum Gasteiger partial charge on any atom is -0.223 e. The fourth-order valence-corrected chi connectivity index (χ4v) is 1.58. The van der Waals surface area contributed by atoms with Crippen LogP contribution in [0.1, 0.15) is 22.9 Å². The van der Waals surface area contributed by atoms with Crippen molar-refractivity contribution in [2.45, 2.75) is 20.0 Å². The summed E-state index contributed by atoms with van der Waals surface area (Å²) in [6, 6.07) is 3.63. The predicted molar refractivity (Wildman–Crippen MR) is 58.3 cm³/mol. The van der Waals surface area contributed by atoms with Crippen molar-refractivity contribution >= 4 is 0 Å². The highest BCUT2D eigenvalue weighted by Crippen LogP contribution is 2.29. The maximum absolute atomic E-state index is 12.6. The van der Waals surface area contributed by atoms with Gasteiger partial charge in [-0.05, 0) is 26.0 Å². The van der Waals surface area contributed by atoms with Crippen molar-refractivity contribution < 1.29 is 13.2 Å². The normalized spacial score (nSPS) is 11.4. The molecule has 8 heteroatoms. The summed E-state index contributed by atoms with van der Waals surface area (Å²) in [5, 5.41) is 12.9. The molecule has 0 amide bonds. The van der Waals surface area contributed by atoms with E-state index >= 15 is 0 Å². The molecule has 0 atom stereocenters. The van der Waals surface area contributed by atoms with Gasteiger partial charge < -0.3 is 0 Å². The first kappa shape index (κ1) is 13.0. The number of halogens is 3. The lowest BCUT2D eigenvalue weighted by molar-refractivity contribution is -0.141. The number of alkyl halides is 3. The van der Waals surface area contributed by atoms with Crippen LogP contribution in [-0.4, -0.2) is 19.7 Å². The lowest BCUT2D eigenvalue weighted by Gasteiger charge is -2.09. The molecule has 0 aromatic carbocycles. The number of pyridine rings is 1. The third-order valence-electron chi connectivity index (χ3n) is 2.36. The zero-order chi connectivity index (χ0) is 14.2. The van der Waals surface area contributed by atoms with E-state index in [-0.39, 0.29) is 11.4 Å². The summed E-state index contributed by atoms with van der Waals surface area (Å²) in [5.41, 5.74) is -1.07. The smallest absolute Gasteiger partial charge is 0.223 e. The van der Waals surface area contributed by atoms with Gasteiger partial charge in [-0.25, -0.2) is 9.97 Å². The van der Waals surface area contributed by atoms with E-state index in [1.54, 1.807) is 19.9 Å². The molecule has 98 valence electrons. The fourth-order valence-electron chi connectivity index (χ4n) is 1.58. The number of aryl methyl sites for hydroxylation is 2. The highest BCUT2D eigenvalue weighted by molar-refractivity contribution is 5.44. The van der Waals surface area contributed by atoms with Gasteiger partial charge in [0.15, 0.2) is 5.82 Å². The molecule has 0 aliphatic heterocycles. The number of nitrogens with zero attached hydrogens (tertiary/aromatic N) is 5. The summed E-state index contributed by atoms with van der Waals surface area (Å²) in [6.45, 7) is 3.17. The number of rotatable bonds is 1. The van der Waals surface area contributed by atoms with Crippen molar-refractivity contribution in [1.29, 1.82) is 5.26 Å². The summed E-state index contributed by atoms with van der Waals surface area (Å²) in [5.74, 6) is 0.580. The van der Waals surface area contributed by atoms with Crippen LogP contribution in [0.15, 0.2) is 12.1 Å². The third-order valence-corrected chi connectivity index (χ3v) is 2.36. The summed E-state index contributed by atoms with van der Waals surface area (Å²) in [6.07, 6.45) is -4.58. The lowest BCUT2D eigenvalue weighted by atomic mass is 10.2. The second-order valence-electron chi connectivity index (χ2n) is 3.80. The van der Waals surface area contributed by atoms with Crippen molar-refractivity contribution in [3.05, 3.63) is 35.0 Å². The average molecular weight is 267 g/mol. The molecule has 5 nitrogen and oxygen atoms in total. The molecular weight excluding hydrogens is 259 g/mol. The third kappa shape index (κ3) is 2.40. The van der Waals surface area contributed by atoms with Gasteiger partial charge in [0.2, 0.25) is 0 Å². The largest absolute Gasteiger partial charge is 0.433 e. The standard InChI is InChI=1S/C11H8F3N5/c1-6-16-7(2)19(18-6)10-8(5-15)3-4-9(17-10)11(12,13)14/h3-4H,1-2H3. The van der Waals surface area contributed by atoms with E-state index in [2.05, 4.69) is 15.1 Å². The van der Waals surface area contributed by atoms with Gasteiger partial charge in [-0.2, -0.15) is 23.1 Å². The van der Waals surface area contributed by atoms with E-state index in [9.17, 15) is 13.2 Å². The van der Waals surface area contributed by atoms with Crippen LogP contribution in [0.3, 0.4) is 0 Å². The van der Waals surface area contributed by atoms with E-state index in [0.717, 1.165) is 16.8 Å². The van der Waals surface area contributed by atoms with Gasteiger partial charge in [-0.15, -0.1) is 5.10 Å². The summed E-state index contributed by atoms with van der Waals surface area (Å²) >= 11 is 0. The second kappa shape index (κ2) is 4.35. The number of nitriles is 1. The van der Waals surface area contributed by atoms with Crippen LogP contribution in [0.4, 0.5) is 13.2 Å². The molecule has 0 unspecified atom stereocenters. The first-order valence-corrected chi connectivity index (χ1v) is 5.22. The summed E-state index contributed by atoms with van der Waals surface area (Å²) in [7, 11) is 0. The van der Waals surface area contributed by atoms with Crippen LogP contribution in [-0.2, 0) is 6.18 Å². The van der Waals surface area contributed by atoms with Gasteiger partial charge in [0, 0.05) is 0 Å². The van der Waals surface area contributed by atoms with Crippen LogP contribution in [0, 0.1) is 25.2 Å². The molecule has 0 aliphatic rings. The summed E-state index contributed by atoms with van der Waals surface area (Å²) < 4.78 is 39.0. The Balaban J connectivity index is 2.68. The highest BCUT2D eigenvalue weighted by atomic mass is 19.4.